The number of rotatable bonds is 4. The fourth-order valence-electron chi connectivity index (χ4n) is 7.63. The minimum atomic E-state index is 0.817. The Balaban J connectivity index is 1.17. The normalized spacial score (nSPS) is 12.8. The van der Waals surface area contributed by atoms with Crippen LogP contribution in [-0.2, 0) is 6.42 Å². The van der Waals surface area contributed by atoms with Gasteiger partial charge < -0.3 is 4.42 Å². The van der Waals surface area contributed by atoms with Gasteiger partial charge in [-0.3, -0.25) is 4.57 Å². The zero-order chi connectivity index (χ0) is 31.6. The smallest absolute Gasteiger partial charge is 0.164 e. The molecule has 10 rings (SSSR count). The van der Waals surface area contributed by atoms with Crippen LogP contribution in [0, 0.1) is 0 Å². The van der Waals surface area contributed by atoms with Crippen molar-refractivity contribution in [2.45, 2.75) is 12.8 Å². The molecule has 0 atom stereocenters. The van der Waals surface area contributed by atoms with E-state index in [9.17, 15) is 0 Å². The molecular weight excluding hydrogens is 587 g/mol. The first-order chi connectivity index (χ1) is 23.8. The summed E-state index contributed by atoms with van der Waals surface area (Å²) in [5.41, 5.74) is 13.2. The highest BCUT2D eigenvalue weighted by Gasteiger charge is 2.22. The molecule has 226 valence electrons. The third-order valence-corrected chi connectivity index (χ3v) is 9.72. The Hall–Kier alpha value is -6.26. The lowest BCUT2D eigenvalue weighted by Gasteiger charge is -2.23. The Morgan fingerprint density at radius 2 is 1.29 bits per heavy atom. The van der Waals surface area contributed by atoms with E-state index in [2.05, 4.69) is 120 Å². The predicted octanol–water partition coefficient (Wildman–Crippen LogP) is 11.4. The van der Waals surface area contributed by atoms with Gasteiger partial charge in [0.1, 0.15) is 22.5 Å². The Kier molecular flexibility index (Phi) is 5.97. The van der Waals surface area contributed by atoms with Crippen molar-refractivity contribution in [3.63, 3.8) is 0 Å². The van der Waals surface area contributed by atoms with E-state index in [0.717, 1.165) is 68.6 Å². The van der Waals surface area contributed by atoms with Crippen molar-refractivity contribution in [3.05, 3.63) is 157 Å². The van der Waals surface area contributed by atoms with Crippen molar-refractivity contribution >= 4 is 50.0 Å². The molecule has 3 aromatic heterocycles. The van der Waals surface area contributed by atoms with E-state index in [4.69, 9.17) is 14.4 Å². The van der Waals surface area contributed by atoms with Crippen LogP contribution in [0.25, 0.3) is 89.3 Å². The van der Waals surface area contributed by atoms with Crippen LogP contribution in [-0.4, -0.2) is 14.5 Å². The van der Waals surface area contributed by atoms with Gasteiger partial charge in [0.15, 0.2) is 5.65 Å². The zero-order valence-corrected chi connectivity index (χ0v) is 26.1. The van der Waals surface area contributed by atoms with Gasteiger partial charge in [0.2, 0.25) is 0 Å². The van der Waals surface area contributed by atoms with Crippen LogP contribution in [0.15, 0.2) is 150 Å². The highest BCUT2D eigenvalue weighted by atomic mass is 16.3. The molecule has 4 nitrogen and oxygen atoms in total. The fraction of sp³-hybridized carbons (Fsp3) is 0.0455. The lowest BCUT2D eigenvalue weighted by Crippen LogP contribution is -2.02. The maximum atomic E-state index is 6.69. The summed E-state index contributed by atoms with van der Waals surface area (Å²) in [6, 6.07) is 47.0. The maximum Gasteiger partial charge on any atom is 0.164 e. The number of allylic oxidation sites excluding steroid dienone is 1. The summed E-state index contributed by atoms with van der Waals surface area (Å²) in [6.07, 6.45) is 8.53. The van der Waals surface area contributed by atoms with Gasteiger partial charge in [0, 0.05) is 28.6 Å². The monoisotopic (exact) mass is 615 g/mol. The minimum Gasteiger partial charge on any atom is -0.456 e. The molecule has 0 bridgehead atoms. The van der Waals surface area contributed by atoms with E-state index in [1.807, 2.05) is 36.5 Å². The second-order valence-corrected chi connectivity index (χ2v) is 12.5. The summed E-state index contributed by atoms with van der Waals surface area (Å²) < 4.78 is 8.81. The van der Waals surface area contributed by atoms with E-state index in [0.29, 0.717) is 0 Å². The van der Waals surface area contributed by atoms with Crippen LogP contribution in [0.4, 0.5) is 0 Å². The quantitative estimate of drug-likeness (QED) is 0.198. The Bertz CT molecular complexity index is 2720. The minimum absolute atomic E-state index is 0.817. The van der Waals surface area contributed by atoms with Crippen molar-refractivity contribution < 1.29 is 4.42 Å². The van der Waals surface area contributed by atoms with Crippen molar-refractivity contribution in [1.82, 2.24) is 14.5 Å². The first kappa shape index (κ1) is 26.9. The molecule has 0 spiro atoms. The first-order valence-electron chi connectivity index (χ1n) is 16.5. The molecule has 1 aliphatic carbocycles. The SMILES string of the molecule is C1=Cc2c(c(-c3ccccc3)c3ccccc3c2-c2ccc3c(c2)oc2cc(-n4c(-c5ccccc5)nc5cccnc54)ccc23)CC1. The largest absolute Gasteiger partial charge is 0.456 e. The third-order valence-electron chi connectivity index (χ3n) is 9.72. The molecule has 9 aromatic rings. The molecular formula is C44H29N3O. The van der Waals surface area contributed by atoms with Crippen LogP contribution >= 0.6 is 0 Å². The van der Waals surface area contributed by atoms with E-state index >= 15 is 0 Å². The summed E-state index contributed by atoms with van der Waals surface area (Å²) >= 11 is 0. The molecule has 4 heteroatoms. The second-order valence-electron chi connectivity index (χ2n) is 12.5. The standard InChI is InChI=1S/C44H29N3O/c1-3-12-28(13-4-1)41-34-16-7-9-18-36(34)42(37-19-10-8-17-35(37)41)30-21-23-32-33-24-22-31(27-40(33)48-39(32)26-30)47-43(29-14-5-2-6-15-29)46-38-20-11-25-45-44(38)47/h1-7,9-16,18-27H,8,17H2. The molecule has 0 radical (unpaired) electrons. The number of furan rings is 1. The van der Waals surface area contributed by atoms with Gasteiger partial charge in [-0.25, -0.2) is 9.97 Å². The van der Waals surface area contributed by atoms with Gasteiger partial charge in [-0.15, -0.1) is 0 Å². The van der Waals surface area contributed by atoms with Gasteiger partial charge in [0.25, 0.3) is 0 Å². The number of aromatic nitrogens is 3. The van der Waals surface area contributed by atoms with Crippen LogP contribution < -0.4 is 0 Å². The van der Waals surface area contributed by atoms with Crippen LogP contribution in [0.1, 0.15) is 17.5 Å². The molecule has 0 unspecified atom stereocenters. The van der Waals surface area contributed by atoms with Crippen molar-refractivity contribution in [2.24, 2.45) is 0 Å². The van der Waals surface area contributed by atoms with E-state index in [1.54, 1.807) is 0 Å². The van der Waals surface area contributed by atoms with Crippen molar-refractivity contribution in [1.29, 1.82) is 0 Å². The van der Waals surface area contributed by atoms with Gasteiger partial charge in [-0.2, -0.15) is 0 Å². The molecule has 48 heavy (non-hydrogen) atoms. The zero-order valence-electron chi connectivity index (χ0n) is 26.1. The number of imidazole rings is 1. The van der Waals surface area contributed by atoms with E-state index in [1.165, 1.54) is 38.6 Å². The Labute approximate surface area is 277 Å². The molecule has 0 N–H and O–H groups in total. The lowest BCUT2D eigenvalue weighted by molar-refractivity contribution is 0.669. The summed E-state index contributed by atoms with van der Waals surface area (Å²) in [7, 11) is 0. The lowest BCUT2D eigenvalue weighted by atomic mass is 9.80. The summed E-state index contributed by atoms with van der Waals surface area (Å²) in [6.45, 7) is 0. The number of fused-ring (bicyclic) bond motifs is 6. The van der Waals surface area contributed by atoms with Gasteiger partial charge in [0.05, 0.1) is 5.69 Å². The third kappa shape index (κ3) is 4.09. The Morgan fingerprint density at radius 3 is 2.10 bits per heavy atom. The number of pyridine rings is 1. The first-order valence-corrected chi connectivity index (χ1v) is 16.5. The molecule has 0 amide bonds. The molecule has 0 aliphatic heterocycles. The molecule has 3 heterocycles. The van der Waals surface area contributed by atoms with E-state index in [-0.39, 0.29) is 0 Å². The van der Waals surface area contributed by atoms with Gasteiger partial charge >= 0.3 is 0 Å². The highest BCUT2D eigenvalue weighted by Crippen LogP contribution is 2.45. The molecule has 6 aromatic carbocycles. The number of nitrogens with zero attached hydrogens (tertiary/aromatic N) is 3. The van der Waals surface area contributed by atoms with Crippen molar-refractivity contribution in [2.75, 3.05) is 0 Å². The number of hydrogen-bond acceptors (Lipinski definition) is 3. The van der Waals surface area contributed by atoms with Crippen molar-refractivity contribution in [3.8, 4) is 39.3 Å². The maximum absolute atomic E-state index is 6.69. The molecule has 0 saturated carbocycles. The van der Waals surface area contributed by atoms with E-state index < -0.39 is 0 Å². The molecule has 0 fully saturated rings. The average molecular weight is 616 g/mol. The highest BCUT2D eigenvalue weighted by molar-refractivity contribution is 6.12. The van der Waals surface area contributed by atoms with Crippen LogP contribution in [0.5, 0.6) is 0 Å². The van der Waals surface area contributed by atoms with Gasteiger partial charge in [-0.05, 0) is 93.4 Å². The summed E-state index contributed by atoms with van der Waals surface area (Å²) in [5.74, 6) is 0.853. The average Bonchev–Trinajstić information content (AvgIpc) is 3.72. The summed E-state index contributed by atoms with van der Waals surface area (Å²) in [4.78, 5) is 9.70. The predicted molar refractivity (Wildman–Crippen MR) is 197 cm³/mol. The summed E-state index contributed by atoms with van der Waals surface area (Å²) in [5, 5.41) is 4.74. The molecule has 0 saturated heterocycles. The number of hydrogen-bond donors (Lipinski definition) is 0. The second kappa shape index (κ2) is 10.6. The van der Waals surface area contributed by atoms with Crippen LogP contribution in [0.2, 0.25) is 0 Å². The van der Waals surface area contributed by atoms with Gasteiger partial charge in [-0.1, -0.05) is 103 Å². The molecule has 1 aliphatic rings. The Morgan fingerprint density at radius 1 is 0.583 bits per heavy atom. The fourth-order valence-corrected chi connectivity index (χ4v) is 7.63. The van der Waals surface area contributed by atoms with Crippen LogP contribution in [0.3, 0.4) is 0 Å². The topological polar surface area (TPSA) is 43.9 Å². The number of benzene rings is 6.